The third-order valence-electron chi connectivity index (χ3n) is 3.50. The van der Waals surface area contributed by atoms with Crippen LogP contribution in [0.3, 0.4) is 0 Å². The van der Waals surface area contributed by atoms with Crippen LogP contribution in [0, 0.1) is 0 Å². The second kappa shape index (κ2) is 6.31. The fourth-order valence-corrected chi connectivity index (χ4v) is 2.48. The van der Waals surface area contributed by atoms with Crippen LogP contribution in [-0.4, -0.2) is 15.8 Å². The van der Waals surface area contributed by atoms with Crippen molar-refractivity contribution in [2.45, 2.75) is 25.3 Å². The molecule has 0 spiro atoms. The summed E-state index contributed by atoms with van der Waals surface area (Å²) in [6, 6.07) is 11.5. The Kier molecular flexibility index (Phi) is 4.05. The number of rotatable bonds is 4. The minimum atomic E-state index is -0.135. The summed E-state index contributed by atoms with van der Waals surface area (Å²) in [5, 5.41) is 3.43. The summed E-state index contributed by atoms with van der Waals surface area (Å²) in [6.45, 7) is 0. The van der Waals surface area contributed by atoms with Gasteiger partial charge < -0.3 is 5.32 Å². The minimum absolute atomic E-state index is 0.135. The van der Waals surface area contributed by atoms with E-state index in [2.05, 4.69) is 15.3 Å². The SMILES string of the molecule is O=C1C=C(NC(c2ccccn2)c2ccccn2)CCC1. The van der Waals surface area contributed by atoms with Gasteiger partial charge in [0.05, 0.1) is 11.4 Å². The monoisotopic (exact) mass is 279 g/mol. The maximum absolute atomic E-state index is 11.6. The first-order chi connectivity index (χ1) is 10.3. The number of nitrogens with one attached hydrogen (secondary N) is 1. The van der Waals surface area contributed by atoms with E-state index in [1.54, 1.807) is 18.5 Å². The number of carbonyl (C=O) groups is 1. The van der Waals surface area contributed by atoms with Gasteiger partial charge in [0.2, 0.25) is 0 Å². The number of allylic oxidation sites excluding steroid dienone is 2. The van der Waals surface area contributed by atoms with E-state index in [0.717, 1.165) is 29.9 Å². The third-order valence-corrected chi connectivity index (χ3v) is 3.50. The molecule has 4 heteroatoms. The molecule has 0 amide bonds. The van der Waals surface area contributed by atoms with Crippen LogP contribution in [0.5, 0.6) is 0 Å². The van der Waals surface area contributed by atoms with Gasteiger partial charge in [0.25, 0.3) is 0 Å². The fourth-order valence-electron chi connectivity index (χ4n) is 2.48. The molecule has 21 heavy (non-hydrogen) atoms. The zero-order valence-electron chi connectivity index (χ0n) is 11.7. The lowest BCUT2D eigenvalue weighted by atomic mass is 10.0. The zero-order chi connectivity index (χ0) is 14.5. The van der Waals surface area contributed by atoms with Crippen LogP contribution < -0.4 is 5.32 Å². The molecule has 0 radical (unpaired) electrons. The van der Waals surface area contributed by atoms with Crippen LogP contribution in [0.15, 0.2) is 60.6 Å². The number of hydrogen-bond acceptors (Lipinski definition) is 4. The molecule has 0 atom stereocenters. The highest BCUT2D eigenvalue weighted by atomic mass is 16.1. The molecule has 0 saturated carbocycles. The van der Waals surface area contributed by atoms with E-state index in [0.29, 0.717) is 6.42 Å². The molecule has 0 aliphatic heterocycles. The van der Waals surface area contributed by atoms with E-state index in [1.165, 1.54) is 0 Å². The quantitative estimate of drug-likeness (QED) is 0.935. The molecule has 1 aliphatic carbocycles. The smallest absolute Gasteiger partial charge is 0.157 e. The van der Waals surface area contributed by atoms with Gasteiger partial charge in [-0.1, -0.05) is 12.1 Å². The van der Waals surface area contributed by atoms with Crippen LogP contribution >= 0.6 is 0 Å². The highest BCUT2D eigenvalue weighted by Gasteiger charge is 2.19. The molecule has 0 fully saturated rings. The topological polar surface area (TPSA) is 54.9 Å². The van der Waals surface area contributed by atoms with Crippen molar-refractivity contribution in [3.05, 3.63) is 72.0 Å². The number of nitrogens with zero attached hydrogens (tertiary/aromatic N) is 2. The van der Waals surface area contributed by atoms with Crippen LogP contribution in [0.25, 0.3) is 0 Å². The first kappa shape index (κ1) is 13.5. The average Bonchev–Trinajstić information content (AvgIpc) is 2.54. The molecule has 3 rings (SSSR count). The van der Waals surface area contributed by atoms with Gasteiger partial charge in [-0.15, -0.1) is 0 Å². The maximum atomic E-state index is 11.6. The van der Waals surface area contributed by atoms with Crippen LogP contribution in [0.4, 0.5) is 0 Å². The van der Waals surface area contributed by atoms with E-state index < -0.39 is 0 Å². The zero-order valence-corrected chi connectivity index (χ0v) is 11.7. The van der Waals surface area contributed by atoms with Gasteiger partial charge in [-0.3, -0.25) is 14.8 Å². The minimum Gasteiger partial charge on any atom is -0.375 e. The largest absolute Gasteiger partial charge is 0.375 e. The number of hydrogen-bond donors (Lipinski definition) is 1. The Balaban J connectivity index is 1.92. The normalized spacial score (nSPS) is 14.9. The molecule has 2 aromatic heterocycles. The van der Waals surface area contributed by atoms with E-state index in [-0.39, 0.29) is 11.8 Å². The number of ketones is 1. The number of pyridine rings is 2. The average molecular weight is 279 g/mol. The molecular weight excluding hydrogens is 262 g/mol. The van der Waals surface area contributed by atoms with Crippen LogP contribution in [-0.2, 0) is 4.79 Å². The van der Waals surface area contributed by atoms with Crippen molar-refractivity contribution in [3.63, 3.8) is 0 Å². The van der Waals surface area contributed by atoms with Crippen LogP contribution in [0.2, 0.25) is 0 Å². The lowest BCUT2D eigenvalue weighted by molar-refractivity contribution is -0.115. The fraction of sp³-hybridized carbons (Fsp3) is 0.235. The Bertz CT molecular complexity index is 598. The lowest BCUT2D eigenvalue weighted by Crippen LogP contribution is -2.25. The summed E-state index contributed by atoms with van der Waals surface area (Å²) >= 11 is 0. The number of aromatic nitrogens is 2. The van der Waals surface area contributed by atoms with Gasteiger partial charge >= 0.3 is 0 Å². The van der Waals surface area contributed by atoms with Gasteiger partial charge in [-0.2, -0.15) is 0 Å². The molecule has 2 aromatic rings. The van der Waals surface area contributed by atoms with Gasteiger partial charge in [0.15, 0.2) is 5.78 Å². The third kappa shape index (κ3) is 3.34. The van der Waals surface area contributed by atoms with Crippen molar-refractivity contribution in [2.75, 3.05) is 0 Å². The summed E-state index contributed by atoms with van der Waals surface area (Å²) in [5.74, 6) is 0.185. The Morgan fingerprint density at radius 1 is 0.952 bits per heavy atom. The summed E-state index contributed by atoms with van der Waals surface area (Å²) in [4.78, 5) is 20.4. The van der Waals surface area contributed by atoms with Gasteiger partial charge in [0.1, 0.15) is 6.04 Å². The van der Waals surface area contributed by atoms with E-state index in [1.807, 2.05) is 36.4 Å². The summed E-state index contributed by atoms with van der Waals surface area (Å²) in [7, 11) is 0. The molecule has 4 nitrogen and oxygen atoms in total. The van der Waals surface area contributed by atoms with Crippen molar-refractivity contribution in [1.29, 1.82) is 0 Å². The summed E-state index contributed by atoms with van der Waals surface area (Å²) in [6.07, 6.45) is 7.68. The standard InChI is InChI=1S/C17H17N3O/c21-14-7-5-6-13(12-14)20-17(15-8-1-3-10-18-15)16-9-2-4-11-19-16/h1-4,8-12,17,20H,5-7H2. The Morgan fingerprint density at radius 2 is 1.62 bits per heavy atom. The van der Waals surface area contributed by atoms with Crippen molar-refractivity contribution < 1.29 is 4.79 Å². The molecule has 0 unspecified atom stereocenters. The second-order valence-corrected chi connectivity index (χ2v) is 5.08. The second-order valence-electron chi connectivity index (χ2n) is 5.08. The van der Waals surface area contributed by atoms with Crippen LogP contribution in [0.1, 0.15) is 36.7 Å². The van der Waals surface area contributed by atoms with Crippen molar-refractivity contribution in [1.82, 2.24) is 15.3 Å². The predicted molar refractivity (Wildman–Crippen MR) is 80.4 cm³/mol. The van der Waals surface area contributed by atoms with Gasteiger partial charge in [-0.05, 0) is 37.1 Å². The first-order valence-corrected chi connectivity index (χ1v) is 7.15. The molecule has 106 valence electrons. The molecule has 1 N–H and O–H groups in total. The van der Waals surface area contributed by atoms with Crippen molar-refractivity contribution in [2.24, 2.45) is 0 Å². The molecule has 0 aromatic carbocycles. The van der Waals surface area contributed by atoms with E-state index in [9.17, 15) is 4.79 Å². The summed E-state index contributed by atoms with van der Waals surface area (Å²) in [5.41, 5.74) is 2.76. The van der Waals surface area contributed by atoms with Gasteiger partial charge in [0, 0.05) is 30.6 Å². The Morgan fingerprint density at radius 3 is 2.14 bits per heavy atom. The molecular formula is C17H17N3O. The Hall–Kier alpha value is -2.49. The molecule has 1 aliphatic rings. The number of carbonyl (C=O) groups excluding carboxylic acids is 1. The highest BCUT2D eigenvalue weighted by molar-refractivity contribution is 5.91. The highest BCUT2D eigenvalue weighted by Crippen LogP contribution is 2.22. The molecule has 2 heterocycles. The summed E-state index contributed by atoms with van der Waals surface area (Å²) < 4.78 is 0. The Labute approximate surface area is 123 Å². The maximum Gasteiger partial charge on any atom is 0.157 e. The van der Waals surface area contributed by atoms with Crippen molar-refractivity contribution in [3.8, 4) is 0 Å². The van der Waals surface area contributed by atoms with Crippen molar-refractivity contribution >= 4 is 5.78 Å². The lowest BCUT2D eigenvalue weighted by Gasteiger charge is -2.22. The first-order valence-electron chi connectivity index (χ1n) is 7.15. The van der Waals surface area contributed by atoms with Gasteiger partial charge in [-0.25, -0.2) is 0 Å². The van der Waals surface area contributed by atoms with E-state index >= 15 is 0 Å². The predicted octanol–water partition coefficient (Wildman–Crippen LogP) is 2.79. The molecule has 0 saturated heterocycles. The van der Waals surface area contributed by atoms with E-state index in [4.69, 9.17) is 0 Å². The molecule has 0 bridgehead atoms.